The Morgan fingerprint density at radius 1 is 0.500 bits per heavy atom. The number of hydrogen-bond acceptors (Lipinski definition) is 4. The maximum atomic E-state index is 14.3. The number of rotatable bonds is 12. The minimum absolute atomic E-state index is 0.315. The van der Waals surface area contributed by atoms with E-state index in [0.717, 1.165) is 12.8 Å². The molecule has 4 unspecified atom stereocenters. The lowest BCUT2D eigenvalue weighted by Crippen LogP contribution is -2.49. The summed E-state index contributed by atoms with van der Waals surface area (Å²) in [4.78, 5) is 0. The van der Waals surface area contributed by atoms with E-state index in [1.807, 2.05) is 97.1 Å². The lowest BCUT2D eigenvalue weighted by Gasteiger charge is -2.37. The molecule has 0 aromatic heterocycles. The van der Waals surface area contributed by atoms with Crippen molar-refractivity contribution in [3.05, 3.63) is 121 Å². The summed E-state index contributed by atoms with van der Waals surface area (Å²) in [5.74, 6) is 0.955. The molecule has 0 heterocycles. The van der Waals surface area contributed by atoms with Gasteiger partial charge in [-0.25, -0.2) is 19.3 Å². The van der Waals surface area contributed by atoms with Crippen LogP contribution < -0.4 is 29.4 Å². The molecule has 1 aliphatic rings. The second-order valence-corrected chi connectivity index (χ2v) is 13.2. The first-order valence-electron chi connectivity index (χ1n) is 13.4. The van der Waals surface area contributed by atoms with Crippen LogP contribution in [0, 0.1) is 0 Å². The van der Waals surface area contributed by atoms with Crippen molar-refractivity contribution in [2.45, 2.75) is 37.8 Å². The second kappa shape index (κ2) is 13.2. The molecule has 10 heteroatoms. The van der Waals surface area contributed by atoms with E-state index in [0.29, 0.717) is 35.7 Å². The third kappa shape index (κ3) is 8.00. The molecule has 1 fully saturated rings. The summed E-state index contributed by atoms with van der Waals surface area (Å²) in [5, 5.41) is 12.8. The van der Waals surface area contributed by atoms with Gasteiger partial charge in [-0.1, -0.05) is 85.6 Å². The Hall–Kier alpha value is -3.54. The summed E-state index contributed by atoms with van der Waals surface area (Å²) in [6, 6.07) is 36.1. The van der Waals surface area contributed by atoms with Crippen molar-refractivity contribution >= 4 is 26.7 Å². The molecule has 0 radical (unpaired) electrons. The molecule has 0 aliphatic heterocycles. The predicted molar refractivity (Wildman–Crippen MR) is 162 cm³/mol. The van der Waals surface area contributed by atoms with E-state index >= 15 is 0 Å². The highest BCUT2D eigenvalue weighted by Gasteiger charge is 2.38. The van der Waals surface area contributed by atoms with Gasteiger partial charge in [0.05, 0.1) is 0 Å². The van der Waals surface area contributed by atoms with E-state index in [2.05, 4.69) is 20.3 Å². The zero-order chi connectivity index (χ0) is 27.7. The fourth-order valence-corrected chi connectivity index (χ4v) is 8.30. The predicted octanol–water partition coefficient (Wildman–Crippen LogP) is 8.08. The molecule has 0 spiro atoms. The van der Waals surface area contributed by atoms with Gasteiger partial charge >= 0.3 is 15.3 Å². The van der Waals surface area contributed by atoms with Crippen LogP contribution in [0.15, 0.2) is 121 Å². The fourth-order valence-electron chi connectivity index (χ4n) is 4.66. The number of para-hydroxylation sites is 4. The Morgan fingerprint density at radius 2 is 0.825 bits per heavy atom. The SMILES string of the molecule is O=P(Nc1ccccc1)(NC1CCCCC1NP(=O)(Nc1ccccc1)Oc1ccccc1)Oc1ccccc1. The van der Waals surface area contributed by atoms with Crippen LogP contribution in [0.5, 0.6) is 11.5 Å². The largest absolute Gasteiger partial charge is 0.418 e. The zero-order valence-corrected chi connectivity index (χ0v) is 23.8. The molecule has 0 amide bonds. The van der Waals surface area contributed by atoms with Gasteiger partial charge in [0, 0.05) is 23.5 Å². The van der Waals surface area contributed by atoms with Crippen LogP contribution in [0.2, 0.25) is 0 Å². The number of anilines is 2. The summed E-state index contributed by atoms with van der Waals surface area (Å²) < 4.78 is 40.8. The summed E-state index contributed by atoms with van der Waals surface area (Å²) in [6.45, 7) is 0. The molecule has 0 saturated heterocycles. The van der Waals surface area contributed by atoms with Crippen molar-refractivity contribution in [3.63, 3.8) is 0 Å². The van der Waals surface area contributed by atoms with E-state index in [9.17, 15) is 9.13 Å². The van der Waals surface area contributed by atoms with Crippen molar-refractivity contribution in [1.82, 2.24) is 10.2 Å². The molecule has 4 aromatic carbocycles. The van der Waals surface area contributed by atoms with Gasteiger partial charge < -0.3 is 9.05 Å². The molecule has 8 nitrogen and oxygen atoms in total. The van der Waals surface area contributed by atoms with Crippen LogP contribution in [0.1, 0.15) is 25.7 Å². The summed E-state index contributed by atoms with van der Waals surface area (Å²) >= 11 is 0. The van der Waals surface area contributed by atoms with Crippen LogP contribution in [0.3, 0.4) is 0 Å². The van der Waals surface area contributed by atoms with E-state index in [4.69, 9.17) is 9.05 Å². The Morgan fingerprint density at radius 3 is 1.18 bits per heavy atom. The van der Waals surface area contributed by atoms with Gasteiger partial charge in [0.15, 0.2) is 0 Å². The molecule has 1 saturated carbocycles. The molecule has 0 bridgehead atoms. The van der Waals surface area contributed by atoms with Crippen LogP contribution in [0.25, 0.3) is 0 Å². The van der Waals surface area contributed by atoms with Crippen molar-refractivity contribution in [2.75, 3.05) is 10.2 Å². The number of benzene rings is 4. The maximum absolute atomic E-state index is 14.3. The quantitative estimate of drug-likeness (QED) is 0.126. The normalized spacial score (nSPS) is 19.9. The van der Waals surface area contributed by atoms with Crippen LogP contribution >= 0.6 is 15.3 Å². The minimum Gasteiger partial charge on any atom is -0.418 e. The average molecular weight is 577 g/mol. The van der Waals surface area contributed by atoms with E-state index in [1.165, 1.54) is 0 Å². The smallest absolute Gasteiger partial charge is 0.417 e. The second-order valence-electron chi connectivity index (χ2n) is 9.62. The van der Waals surface area contributed by atoms with Crippen molar-refractivity contribution in [1.29, 1.82) is 0 Å². The first-order chi connectivity index (χ1) is 19.5. The lowest BCUT2D eigenvalue weighted by molar-refractivity contribution is 0.322. The minimum atomic E-state index is -3.66. The average Bonchev–Trinajstić information content (AvgIpc) is 2.96. The Bertz CT molecular complexity index is 1230. The van der Waals surface area contributed by atoms with Gasteiger partial charge in [0.2, 0.25) is 0 Å². The highest BCUT2D eigenvalue weighted by Crippen LogP contribution is 2.48. The summed E-state index contributed by atoms with van der Waals surface area (Å²) in [5.41, 5.74) is 1.33. The molecular weight excluding hydrogens is 542 g/mol. The molecule has 5 rings (SSSR count). The number of hydrogen-bond donors (Lipinski definition) is 4. The highest BCUT2D eigenvalue weighted by atomic mass is 31.2. The molecule has 1 aliphatic carbocycles. The Balaban J connectivity index is 1.40. The Labute approximate surface area is 235 Å². The molecule has 4 atom stereocenters. The van der Waals surface area contributed by atoms with Gasteiger partial charge in [-0.2, -0.15) is 0 Å². The number of nitrogens with one attached hydrogen (secondary N) is 4. The van der Waals surface area contributed by atoms with Crippen molar-refractivity contribution in [3.8, 4) is 11.5 Å². The van der Waals surface area contributed by atoms with Gasteiger partial charge in [-0.05, 0) is 61.4 Å². The third-order valence-electron chi connectivity index (χ3n) is 6.49. The third-order valence-corrected chi connectivity index (χ3v) is 9.88. The van der Waals surface area contributed by atoms with E-state index < -0.39 is 15.3 Å². The van der Waals surface area contributed by atoms with Gasteiger partial charge in [0.1, 0.15) is 11.5 Å². The molecule has 4 N–H and O–H groups in total. The van der Waals surface area contributed by atoms with Crippen LogP contribution in [0.4, 0.5) is 11.4 Å². The summed E-state index contributed by atoms with van der Waals surface area (Å²) in [7, 11) is -7.32. The molecule has 208 valence electrons. The molecular formula is C30H34N4O4P2. The maximum Gasteiger partial charge on any atom is 0.417 e. The molecule has 4 aromatic rings. The Kier molecular flexibility index (Phi) is 9.25. The first kappa shape index (κ1) is 28.0. The van der Waals surface area contributed by atoms with E-state index in [1.54, 1.807) is 24.3 Å². The van der Waals surface area contributed by atoms with Crippen molar-refractivity contribution in [2.24, 2.45) is 0 Å². The standard InChI is InChI=1S/C30H34N4O4P2/c35-39(31-25-15-5-1-6-16-25,37-27-19-9-3-10-20-27)33-29-23-13-14-24-30(29)34-40(36,32-26-17-7-2-8-18-26)38-28-21-11-4-12-22-28/h1-12,15-22,29-30H,13-14,23-24H2,(H2,31,33,35)(H2,32,34,36). The van der Waals surface area contributed by atoms with Crippen LogP contribution in [-0.4, -0.2) is 12.1 Å². The highest BCUT2D eigenvalue weighted by molar-refractivity contribution is 7.59. The van der Waals surface area contributed by atoms with Gasteiger partial charge in [-0.15, -0.1) is 0 Å². The monoisotopic (exact) mass is 576 g/mol. The van der Waals surface area contributed by atoms with Gasteiger partial charge in [0.25, 0.3) is 0 Å². The lowest BCUT2D eigenvalue weighted by atomic mass is 9.92. The summed E-state index contributed by atoms with van der Waals surface area (Å²) in [6.07, 6.45) is 3.30. The topological polar surface area (TPSA) is 101 Å². The van der Waals surface area contributed by atoms with Crippen LogP contribution in [-0.2, 0) is 9.13 Å². The molecule has 40 heavy (non-hydrogen) atoms. The van der Waals surface area contributed by atoms with Crippen molar-refractivity contribution < 1.29 is 18.2 Å². The van der Waals surface area contributed by atoms with Gasteiger partial charge in [-0.3, -0.25) is 10.2 Å². The van der Waals surface area contributed by atoms with E-state index in [-0.39, 0.29) is 12.1 Å². The zero-order valence-electron chi connectivity index (χ0n) is 22.1. The first-order valence-corrected chi connectivity index (χ1v) is 16.7. The fraction of sp³-hybridized carbons (Fsp3) is 0.200.